The minimum Gasteiger partial charge on any atom is -0.481 e. The first-order chi connectivity index (χ1) is 37.4. The van der Waals surface area contributed by atoms with Gasteiger partial charge in [0.2, 0.25) is 0 Å². The maximum atomic E-state index is 12.7. The number of carbonyl (C=O) groups excluding carboxylic acids is 6. The number of hydrogen-bond acceptors (Lipinski definition) is 15. The zero-order chi connectivity index (χ0) is 55.7. The fourth-order valence-corrected chi connectivity index (χ4v) is 16.7. The Morgan fingerprint density at radius 2 is 0.910 bits per heavy atom. The number of aliphatic imine (C=N–C) groups is 1. The van der Waals surface area contributed by atoms with Crippen molar-refractivity contribution in [2.75, 3.05) is 19.8 Å². The highest BCUT2D eigenvalue weighted by atomic mass is 16.6. The first-order valence-corrected chi connectivity index (χ1v) is 28.9. The molecule has 4 heterocycles. The van der Waals surface area contributed by atoms with Crippen LogP contribution in [0.5, 0.6) is 0 Å². The van der Waals surface area contributed by atoms with Crippen molar-refractivity contribution in [3.05, 3.63) is 29.8 Å². The fraction of sp³-hybridized carbons (Fsp3) is 0.741. The van der Waals surface area contributed by atoms with Crippen LogP contribution in [0.4, 0.5) is 20.1 Å². The van der Waals surface area contributed by atoms with Crippen molar-refractivity contribution in [3.8, 4) is 0 Å². The number of aliphatic carboxylic acids is 2. The molecule has 0 aromatic heterocycles. The van der Waals surface area contributed by atoms with E-state index >= 15 is 0 Å². The van der Waals surface area contributed by atoms with Gasteiger partial charge in [0.1, 0.15) is 18.3 Å². The summed E-state index contributed by atoms with van der Waals surface area (Å²) < 4.78 is 31.3. The summed E-state index contributed by atoms with van der Waals surface area (Å²) in [7, 11) is 0. The molecular formula is C58H80N4O16. The summed E-state index contributed by atoms with van der Waals surface area (Å²) in [4.78, 5) is 101. The molecule has 1 aromatic rings. The molecule has 3 saturated heterocycles. The number of amides is 3. The van der Waals surface area contributed by atoms with Gasteiger partial charge in [0, 0.05) is 53.9 Å². The van der Waals surface area contributed by atoms with Crippen LogP contribution in [0.15, 0.2) is 29.3 Å². The van der Waals surface area contributed by atoms with Crippen molar-refractivity contribution < 1.29 is 77.0 Å². The molecule has 21 atom stereocenters. The van der Waals surface area contributed by atoms with Gasteiger partial charge in [0.15, 0.2) is 0 Å². The summed E-state index contributed by atoms with van der Waals surface area (Å²) in [6.45, 7) is 12.0. The normalized spacial score (nSPS) is 39.3. The van der Waals surface area contributed by atoms with Gasteiger partial charge in [-0.2, -0.15) is 0 Å². The Balaban J connectivity index is 0.000000144. The zero-order valence-electron chi connectivity index (χ0n) is 45.8. The van der Waals surface area contributed by atoms with E-state index in [9.17, 15) is 48.6 Å². The van der Waals surface area contributed by atoms with Crippen molar-refractivity contribution >= 4 is 59.5 Å². The second-order valence-corrected chi connectivity index (χ2v) is 23.7. The molecule has 6 aliphatic carbocycles. The molecule has 78 heavy (non-hydrogen) atoms. The van der Waals surface area contributed by atoms with Gasteiger partial charge in [-0.25, -0.2) is 14.4 Å². The van der Waals surface area contributed by atoms with E-state index < -0.39 is 36.0 Å². The molecule has 4 aliphatic heterocycles. The fourth-order valence-electron chi connectivity index (χ4n) is 16.7. The topological polar surface area (TPSA) is 281 Å². The Bertz CT molecular complexity index is 2370. The van der Waals surface area contributed by atoms with E-state index in [2.05, 4.69) is 34.1 Å². The van der Waals surface area contributed by atoms with Gasteiger partial charge < -0.3 is 54.6 Å². The minimum atomic E-state index is -0.832. The summed E-state index contributed by atoms with van der Waals surface area (Å²) in [5.41, 5.74) is 3.58. The summed E-state index contributed by atoms with van der Waals surface area (Å²) in [6.07, 6.45) is 8.33. The monoisotopic (exact) mass is 1090 g/mol. The van der Waals surface area contributed by atoms with Crippen LogP contribution in [0, 0.1) is 88.8 Å². The summed E-state index contributed by atoms with van der Waals surface area (Å²) >= 11 is 0. The second-order valence-electron chi connectivity index (χ2n) is 23.7. The molecule has 10 aliphatic rings. The Morgan fingerprint density at radius 3 is 1.31 bits per heavy atom. The smallest absolute Gasteiger partial charge is 0.407 e. The third kappa shape index (κ3) is 11.7. The molecule has 9 fully saturated rings. The van der Waals surface area contributed by atoms with Crippen molar-refractivity contribution in [2.45, 2.75) is 161 Å². The Hall–Kier alpha value is -5.95. The van der Waals surface area contributed by atoms with Gasteiger partial charge in [0.05, 0.1) is 55.1 Å². The van der Waals surface area contributed by atoms with Crippen LogP contribution in [0.2, 0.25) is 0 Å². The summed E-state index contributed by atoms with van der Waals surface area (Å²) in [5.74, 6) is -2.84. The van der Waals surface area contributed by atoms with Crippen LogP contribution in [0.3, 0.4) is 0 Å². The molecule has 0 radical (unpaired) electrons. The molecule has 11 rings (SSSR count). The van der Waals surface area contributed by atoms with Gasteiger partial charge in [-0.1, -0.05) is 18.2 Å². The number of alkyl carbamates (subject to hydrolysis) is 3. The maximum absolute atomic E-state index is 12.7. The van der Waals surface area contributed by atoms with Crippen molar-refractivity contribution in [3.63, 3.8) is 0 Å². The van der Waals surface area contributed by atoms with Crippen LogP contribution in [0.1, 0.15) is 124 Å². The molecule has 5 N–H and O–H groups in total. The number of hydrogen-bond donors (Lipinski definition) is 5. The predicted octanol–water partition coefficient (Wildman–Crippen LogP) is 7.64. The van der Waals surface area contributed by atoms with E-state index in [1.54, 1.807) is 27.7 Å². The van der Waals surface area contributed by atoms with Crippen LogP contribution in [-0.2, 0) is 58.8 Å². The van der Waals surface area contributed by atoms with E-state index in [4.69, 9.17) is 33.4 Å². The highest BCUT2D eigenvalue weighted by Crippen LogP contribution is 2.57. The molecule has 428 valence electrons. The lowest BCUT2D eigenvalue weighted by Crippen LogP contribution is -2.51. The SMILES string of the molecule is CCOC(=O)N[C@@H]1CC[C@@H]2[C@@H](C1)C[C@H]1C(=O)O[C@H](C)[C@H]1[C@H]2C(=O)O.CCOC(=O)N[C@@H]1CC[C@@H]2[C@@H](C1)C[C@H]1C(=O)O[C@H](C)[C@H]1[C@H]2C(=O)O.CCOC(=O)N[C@@H]1CC[C@@H]2[C@@H](C1)C[C@H]1C(=O)O[C@H](C)[C@H]1[C@H]2C1=Nc2ccccc2C1. The lowest BCUT2D eigenvalue weighted by molar-refractivity contribution is -0.154. The largest absolute Gasteiger partial charge is 0.481 e. The van der Waals surface area contributed by atoms with Crippen molar-refractivity contribution in [2.24, 2.45) is 93.8 Å². The molecule has 0 bridgehead atoms. The number of ether oxygens (including phenoxy) is 6. The maximum Gasteiger partial charge on any atom is 0.407 e. The van der Waals surface area contributed by atoms with Gasteiger partial charge in [-0.3, -0.25) is 29.0 Å². The quantitative estimate of drug-likeness (QED) is 0.117. The van der Waals surface area contributed by atoms with Gasteiger partial charge in [-0.15, -0.1) is 0 Å². The van der Waals surface area contributed by atoms with E-state index in [1.807, 2.05) is 19.9 Å². The number of esters is 3. The molecule has 20 heteroatoms. The molecule has 0 unspecified atom stereocenters. The number of para-hydroxylation sites is 1. The van der Waals surface area contributed by atoms with Crippen LogP contribution >= 0.6 is 0 Å². The van der Waals surface area contributed by atoms with Crippen LogP contribution in [0.25, 0.3) is 0 Å². The standard InChI is InChI=1S/C24H30N2O4.2C17H25NO6/c1-3-29-24(28)25-16-8-9-17-15(10-16)11-18-21(13(2)30-23(18)27)22(17)20-12-14-6-4-5-7-19(14)26-20;2*1-3-23-17(22)18-10-4-5-11-9(6-10)7-12-13(14(11)15(19)20)8(2)24-16(12)21/h4-7,13,15-18,21-22H,3,8-12H2,1-2H3,(H,25,28);2*8-14H,3-7H2,1-2H3,(H,18,22)(H,19,20)/t13-,15+,16-,17-,18-,21-,22-;2*8-,9+,10-,11-,12-,13-,14+/m111/s1. The third-order valence-electron chi connectivity index (χ3n) is 19.6. The minimum absolute atomic E-state index is 0.0221. The number of nitrogens with zero attached hydrogens (tertiary/aromatic N) is 1. The molecule has 1 aromatic carbocycles. The number of rotatable bonds is 9. The molecule has 3 amide bonds. The average Bonchev–Trinajstić information content (AvgIpc) is 4.33. The van der Waals surface area contributed by atoms with E-state index in [0.29, 0.717) is 57.3 Å². The number of nitrogens with one attached hydrogen (secondary N) is 3. The number of carbonyl (C=O) groups is 8. The first kappa shape index (κ1) is 56.8. The molecule has 6 saturated carbocycles. The zero-order valence-corrected chi connectivity index (χ0v) is 45.8. The van der Waals surface area contributed by atoms with E-state index in [0.717, 1.165) is 63.5 Å². The second kappa shape index (κ2) is 24.2. The van der Waals surface area contributed by atoms with E-state index in [-0.39, 0.29) is 126 Å². The van der Waals surface area contributed by atoms with Gasteiger partial charge in [-0.05, 0) is 166 Å². The summed E-state index contributed by atoms with van der Waals surface area (Å²) in [5, 5.41) is 28.2. The number of fused-ring (bicyclic) bond motifs is 7. The Morgan fingerprint density at radius 1 is 0.538 bits per heavy atom. The lowest BCUT2D eigenvalue weighted by atomic mass is 9.55. The Kier molecular flexibility index (Phi) is 17.6. The molecule has 20 nitrogen and oxygen atoms in total. The Labute approximate surface area is 455 Å². The third-order valence-corrected chi connectivity index (χ3v) is 19.6. The van der Waals surface area contributed by atoms with Gasteiger partial charge in [0.25, 0.3) is 0 Å². The van der Waals surface area contributed by atoms with Crippen molar-refractivity contribution in [1.82, 2.24) is 16.0 Å². The van der Waals surface area contributed by atoms with Crippen molar-refractivity contribution in [1.29, 1.82) is 0 Å². The summed E-state index contributed by atoms with van der Waals surface area (Å²) in [6, 6.07) is 8.41. The van der Waals surface area contributed by atoms with Crippen LogP contribution < -0.4 is 16.0 Å². The average molecular weight is 1090 g/mol. The van der Waals surface area contributed by atoms with E-state index in [1.165, 1.54) is 11.3 Å². The number of cyclic esters (lactones) is 3. The first-order valence-electron chi connectivity index (χ1n) is 28.9. The number of carboxylic acid groups (broad SMARTS) is 2. The highest BCUT2D eigenvalue weighted by molar-refractivity contribution is 5.97. The number of carboxylic acids is 2. The predicted molar refractivity (Wildman–Crippen MR) is 279 cm³/mol. The lowest BCUT2D eigenvalue weighted by Gasteiger charge is -2.48. The van der Waals surface area contributed by atoms with Gasteiger partial charge >= 0.3 is 48.1 Å². The number of benzene rings is 1. The highest BCUT2D eigenvalue weighted by Gasteiger charge is 2.60. The molecular weight excluding hydrogens is 1010 g/mol. The van der Waals surface area contributed by atoms with Crippen LogP contribution in [-0.4, -0.2) is 120 Å². The molecule has 0 spiro atoms.